The number of rotatable bonds is 3. The number of carboxylic acid groups (broad SMARTS) is 1. The van der Waals surface area contributed by atoms with E-state index >= 15 is 0 Å². The Hall–Kier alpha value is -1.63. The number of hydrogen-bond donors (Lipinski definition) is 1. The molecular formula is C12H21N5O2. The van der Waals surface area contributed by atoms with E-state index in [9.17, 15) is 4.79 Å². The highest BCUT2D eigenvalue weighted by molar-refractivity contribution is 5.66. The molecule has 0 saturated carbocycles. The fraction of sp³-hybridized carbons (Fsp3) is 0.750. The maximum absolute atomic E-state index is 10.6. The molecule has 0 aliphatic carbocycles. The molecule has 106 valence electrons. The van der Waals surface area contributed by atoms with Gasteiger partial charge in [0.2, 0.25) is 0 Å². The highest BCUT2D eigenvalue weighted by Crippen LogP contribution is 2.18. The Kier molecular flexibility index (Phi) is 3.75. The second kappa shape index (κ2) is 5.16. The van der Waals surface area contributed by atoms with E-state index in [0.717, 1.165) is 32.0 Å². The minimum atomic E-state index is -0.908. The summed E-state index contributed by atoms with van der Waals surface area (Å²) in [6, 6.07) is 0. The molecule has 0 amide bonds. The molecule has 0 bridgehead atoms. The summed E-state index contributed by atoms with van der Waals surface area (Å²) in [5.41, 5.74) is 0.188. The van der Waals surface area contributed by atoms with Gasteiger partial charge >= 0.3 is 5.97 Å². The Balaban J connectivity index is 1.94. The van der Waals surface area contributed by atoms with Crippen LogP contribution in [0.4, 0.5) is 5.82 Å². The number of hydrogen-bond acceptors (Lipinski definition) is 5. The minimum absolute atomic E-state index is 0.144. The molecule has 1 aliphatic rings. The third-order valence-electron chi connectivity index (χ3n) is 3.38. The first-order valence-corrected chi connectivity index (χ1v) is 6.48. The summed E-state index contributed by atoms with van der Waals surface area (Å²) >= 11 is 0. The van der Waals surface area contributed by atoms with Crippen molar-refractivity contribution >= 4 is 11.8 Å². The van der Waals surface area contributed by atoms with Crippen LogP contribution < -0.4 is 4.90 Å². The molecular weight excluding hydrogens is 246 g/mol. The number of nitrogens with zero attached hydrogens (tertiary/aromatic N) is 5. The minimum Gasteiger partial charge on any atom is -0.480 e. The van der Waals surface area contributed by atoms with Crippen molar-refractivity contribution in [2.45, 2.75) is 32.9 Å². The maximum atomic E-state index is 10.6. The first-order chi connectivity index (χ1) is 8.86. The zero-order valence-electron chi connectivity index (χ0n) is 11.7. The van der Waals surface area contributed by atoms with Crippen molar-refractivity contribution in [1.29, 1.82) is 0 Å². The van der Waals surface area contributed by atoms with E-state index in [1.807, 2.05) is 0 Å². The summed E-state index contributed by atoms with van der Waals surface area (Å²) in [5, 5.41) is 16.6. The highest BCUT2D eigenvalue weighted by Gasteiger charge is 2.26. The van der Waals surface area contributed by atoms with Crippen molar-refractivity contribution in [2.24, 2.45) is 0 Å². The average Bonchev–Trinajstić information content (AvgIpc) is 2.75. The highest BCUT2D eigenvalue weighted by atomic mass is 16.4. The van der Waals surface area contributed by atoms with E-state index in [2.05, 4.69) is 40.9 Å². The van der Waals surface area contributed by atoms with Gasteiger partial charge in [0, 0.05) is 31.7 Å². The summed E-state index contributed by atoms with van der Waals surface area (Å²) < 4.78 is 1.35. The molecule has 7 heteroatoms. The van der Waals surface area contributed by atoms with E-state index in [0.29, 0.717) is 0 Å². The van der Waals surface area contributed by atoms with Crippen LogP contribution in [0.5, 0.6) is 0 Å². The lowest BCUT2D eigenvalue weighted by Crippen LogP contribution is -2.53. The van der Waals surface area contributed by atoms with Gasteiger partial charge in [0.15, 0.2) is 5.82 Å². The number of carboxylic acids is 1. The molecule has 1 N–H and O–H groups in total. The van der Waals surface area contributed by atoms with Gasteiger partial charge in [-0.15, -0.1) is 5.10 Å². The van der Waals surface area contributed by atoms with Gasteiger partial charge in [0.1, 0.15) is 6.54 Å². The first kappa shape index (κ1) is 13.8. The Morgan fingerprint density at radius 2 is 1.95 bits per heavy atom. The van der Waals surface area contributed by atoms with Gasteiger partial charge in [-0.25, -0.2) is 4.68 Å². The van der Waals surface area contributed by atoms with Crippen LogP contribution in [0.1, 0.15) is 20.8 Å². The molecule has 0 spiro atoms. The van der Waals surface area contributed by atoms with Crippen molar-refractivity contribution in [1.82, 2.24) is 19.9 Å². The fourth-order valence-electron chi connectivity index (χ4n) is 2.26. The van der Waals surface area contributed by atoms with Gasteiger partial charge in [-0.05, 0) is 20.8 Å². The van der Waals surface area contributed by atoms with Crippen molar-refractivity contribution in [3.63, 3.8) is 0 Å². The second-order valence-corrected chi connectivity index (χ2v) is 5.81. The smallest absolute Gasteiger partial charge is 0.325 e. The molecule has 7 nitrogen and oxygen atoms in total. The number of aliphatic carboxylic acids is 1. The van der Waals surface area contributed by atoms with E-state index in [4.69, 9.17) is 5.11 Å². The quantitative estimate of drug-likeness (QED) is 0.848. The van der Waals surface area contributed by atoms with Gasteiger partial charge in [0.25, 0.3) is 0 Å². The van der Waals surface area contributed by atoms with E-state index in [-0.39, 0.29) is 12.1 Å². The summed E-state index contributed by atoms with van der Waals surface area (Å²) in [7, 11) is 0. The van der Waals surface area contributed by atoms with Crippen molar-refractivity contribution in [2.75, 3.05) is 31.1 Å². The summed E-state index contributed by atoms with van der Waals surface area (Å²) in [4.78, 5) is 15.2. The largest absolute Gasteiger partial charge is 0.480 e. The van der Waals surface area contributed by atoms with Crippen LogP contribution in [0.2, 0.25) is 0 Å². The zero-order chi connectivity index (χ0) is 14.0. The first-order valence-electron chi connectivity index (χ1n) is 6.48. The Bertz CT molecular complexity index is 443. The summed E-state index contributed by atoms with van der Waals surface area (Å²) in [6.07, 6.45) is 1.70. The zero-order valence-corrected chi connectivity index (χ0v) is 11.7. The van der Waals surface area contributed by atoms with Crippen LogP contribution in [0, 0.1) is 0 Å². The molecule has 0 radical (unpaired) electrons. The average molecular weight is 267 g/mol. The Labute approximate surface area is 112 Å². The normalized spacial score (nSPS) is 17.7. The van der Waals surface area contributed by atoms with Gasteiger partial charge in [-0.1, -0.05) is 5.21 Å². The van der Waals surface area contributed by atoms with Crippen LogP contribution in [-0.2, 0) is 11.3 Å². The van der Waals surface area contributed by atoms with Crippen molar-refractivity contribution in [3.05, 3.63) is 6.20 Å². The Morgan fingerprint density at radius 3 is 2.47 bits per heavy atom. The van der Waals surface area contributed by atoms with E-state index in [1.54, 1.807) is 6.20 Å². The monoisotopic (exact) mass is 267 g/mol. The molecule has 1 fully saturated rings. The molecule has 1 aromatic rings. The van der Waals surface area contributed by atoms with Crippen LogP contribution in [0.25, 0.3) is 0 Å². The van der Waals surface area contributed by atoms with Crippen LogP contribution >= 0.6 is 0 Å². The standard InChI is InChI=1S/C12H21N5O2/c1-12(2,3)16-6-4-15(5-7-16)10-8-17(14-13-10)9-11(18)19/h8H,4-7,9H2,1-3H3,(H,18,19). The number of carbonyl (C=O) groups is 1. The van der Waals surface area contributed by atoms with Crippen molar-refractivity contribution in [3.8, 4) is 0 Å². The fourth-order valence-corrected chi connectivity index (χ4v) is 2.26. The lowest BCUT2D eigenvalue weighted by Gasteiger charge is -2.42. The second-order valence-electron chi connectivity index (χ2n) is 5.81. The third-order valence-corrected chi connectivity index (χ3v) is 3.38. The van der Waals surface area contributed by atoms with Crippen LogP contribution in [0.15, 0.2) is 6.20 Å². The van der Waals surface area contributed by atoms with Crippen LogP contribution in [-0.4, -0.2) is 62.7 Å². The molecule has 1 aliphatic heterocycles. The van der Waals surface area contributed by atoms with E-state index in [1.165, 1.54) is 4.68 Å². The molecule has 19 heavy (non-hydrogen) atoms. The SMILES string of the molecule is CC(C)(C)N1CCN(c2cn(CC(=O)O)nn2)CC1. The summed E-state index contributed by atoms with van der Waals surface area (Å²) in [6.45, 7) is 10.2. The number of piperazine rings is 1. The van der Waals surface area contributed by atoms with Crippen molar-refractivity contribution < 1.29 is 9.90 Å². The predicted molar refractivity (Wildman–Crippen MR) is 71.2 cm³/mol. The topological polar surface area (TPSA) is 74.5 Å². The Morgan fingerprint density at radius 1 is 1.32 bits per heavy atom. The lowest BCUT2D eigenvalue weighted by atomic mass is 10.1. The number of anilines is 1. The summed E-state index contributed by atoms with van der Waals surface area (Å²) in [5.74, 6) is -0.149. The predicted octanol–water partition coefficient (Wildman–Crippen LogP) is 0.283. The molecule has 0 atom stereocenters. The molecule has 2 rings (SSSR count). The van der Waals surface area contributed by atoms with Crippen LogP contribution in [0.3, 0.4) is 0 Å². The van der Waals surface area contributed by atoms with Gasteiger partial charge < -0.3 is 10.0 Å². The van der Waals surface area contributed by atoms with Gasteiger partial charge in [0.05, 0.1) is 6.20 Å². The number of aromatic nitrogens is 3. The lowest BCUT2D eigenvalue weighted by molar-refractivity contribution is -0.137. The van der Waals surface area contributed by atoms with Gasteiger partial charge in [-0.3, -0.25) is 9.69 Å². The molecule has 2 heterocycles. The van der Waals surface area contributed by atoms with E-state index < -0.39 is 5.97 Å². The molecule has 0 aromatic carbocycles. The molecule has 1 aromatic heterocycles. The molecule has 0 unspecified atom stereocenters. The molecule has 1 saturated heterocycles. The van der Waals surface area contributed by atoms with Gasteiger partial charge in [-0.2, -0.15) is 0 Å². The third kappa shape index (κ3) is 3.44. The maximum Gasteiger partial charge on any atom is 0.325 e.